The van der Waals surface area contributed by atoms with Crippen LogP contribution in [0, 0.1) is 0 Å². The molecule has 19 heavy (non-hydrogen) atoms. The summed E-state index contributed by atoms with van der Waals surface area (Å²) in [6.45, 7) is 5.94. The first-order chi connectivity index (χ1) is 9.20. The number of thiophene rings is 1. The molecular weight excluding hydrogens is 280 g/mol. The minimum atomic E-state index is -0.00103. The van der Waals surface area contributed by atoms with Gasteiger partial charge in [-0.05, 0) is 18.2 Å². The standard InChI is InChI=1S/C14H13ClN2OS/c1-2-6-17-7-5-16-14(18)13-12(17)10-8-9(15)3-4-11(10)19-13/h2-4,8H,1,5-7H2,(H,16,18). The molecule has 0 saturated heterocycles. The predicted octanol–water partition coefficient (Wildman–Crippen LogP) is 3.29. The molecule has 0 unspecified atom stereocenters. The van der Waals surface area contributed by atoms with Crippen molar-refractivity contribution in [3.8, 4) is 0 Å². The van der Waals surface area contributed by atoms with Crippen LogP contribution in [0.25, 0.3) is 10.1 Å². The van der Waals surface area contributed by atoms with Crippen molar-refractivity contribution in [2.75, 3.05) is 24.5 Å². The molecule has 1 aromatic carbocycles. The fraction of sp³-hybridized carbons (Fsp3) is 0.214. The molecule has 0 radical (unpaired) electrons. The molecule has 0 atom stereocenters. The van der Waals surface area contributed by atoms with E-state index in [2.05, 4.69) is 16.8 Å². The van der Waals surface area contributed by atoms with E-state index < -0.39 is 0 Å². The Balaban J connectivity index is 2.27. The van der Waals surface area contributed by atoms with E-state index in [1.54, 1.807) is 0 Å². The number of hydrogen-bond donors (Lipinski definition) is 1. The second kappa shape index (κ2) is 4.87. The maximum atomic E-state index is 12.1. The zero-order valence-electron chi connectivity index (χ0n) is 10.3. The second-order valence-corrected chi connectivity index (χ2v) is 5.90. The van der Waals surface area contributed by atoms with E-state index in [4.69, 9.17) is 11.6 Å². The molecule has 3 rings (SSSR count). The van der Waals surface area contributed by atoms with Crippen molar-refractivity contribution in [2.24, 2.45) is 0 Å². The fourth-order valence-corrected chi connectivity index (χ4v) is 3.65. The molecule has 5 heteroatoms. The average Bonchev–Trinajstić information content (AvgIpc) is 2.68. The van der Waals surface area contributed by atoms with Crippen molar-refractivity contribution in [1.82, 2.24) is 5.32 Å². The summed E-state index contributed by atoms with van der Waals surface area (Å²) in [7, 11) is 0. The van der Waals surface area contributed by atoms with E-state index in [1.165, 1.54) is 11.3 Å². The fourth-order valence-electron chi connectivity index (χ4n) is 2.36. The van der Waals surface area contributed by atoms with Crippen LogP contribution in [0.5, 0.6) is 0 Å². The van der Waals surface area contributed by atoms with Gasteiger partial charge in [0.1, 0.15) is 4.88 Å². The molecule has 1 amide bonds. The number of amides is 1. The molecule has 0 aliphatic carbocycles. The number of nitrogens with zero attached hydrogens (tertiary/aromatic N) is 1. The molecule has 3 nitrogen and oxygen atoms in total. The molecule has 0 saturated carbocycles. The molecular formula is C14H13ClN2OS. The van der Waals surface area contributed by atoms with Gasteiger partial charge in [-0.15, -0.1) is 17.9 Å². The van der Waals surface area contributed by atoms with Crippen LogP contribution in [0.3, 0.4) is 0 Å². The normalized spacial score (nSPS) is 15.0. The molecule has 1 aliphatic heterocycles. The van der Waals surface area contributed by atoms with E-state index in [1.807, 2.05) is 24.3 Å². The highest BCUT2D eigenvalue weighted by molar-refractivity contribution is 7.21. The largest absolute Gasteiger partial charge is 0.364 e. The van der Waals surface area contributed by atoms with Crippen LogP contribution in [0.4, 0.5) is 5.69 Å². The van der Waals surface area contributed by atoms with Crippen molar-refractivity contribution in [3.05, 3.63) is 40.8 Å². The highest BCUT2D eigenvalue weighted by Crippen LogP contribution is 2.40. The van der Waals surface area contributed by atoms with Crippen LogP contribution >= 0.6 is 22.9 Å². The van der Waals surface area contributed by atoms with Crippen LogP contribution in [0.1, 0.15) is 9.67 Å². The zero-order valence-corrected chi connectivity index (χ0v) is 11.9. The number of carbonyl (C=O) groups is 1. The van der Waals surface area contributed by atoms with E-state index >= 15 is 0 Å². The summed E-state index contributed by atoms with van der Waals surface area (Å²) in [4.78, 5) is 15.1. The predicted molar refractivity (Wildman–Crippen MR) is 81.6 cm³/mol. The van der Waals surface area contributed by atoms with Gasteiger partial charge in [0.2, 0.25) is 0 Å². The number of fused-ring (bicyclic) bond motifs is 3. The quantitative estimate of drug-likeness (QED) is 0.862. The summed E-state index contributed by atoms with van der Waals surface area (Å²) in [6.07, 6.45) is 1.85. The van der Waals surface area contributed by atoms with Crippen LogP contribution < -0.4 is 10.2 Å². The first kappa shape index (κ1) is 12.5. The molecule has 0 bridgehead atoms. The second-order valence-electron chi connectivity index (χ2n) is 4.41. The number of nitrogens with one attached hydrogen (secondary N) is 1. The summed E-state index contributed by atoms with van der Waals surface area (Å²) in [5.41, 5.74) is 0.984. The van der Waals surface area contributed by atoms with Gasteiger partial charge in [0.25, 0.3) is 5.91 Å². The van der Waals surface area contributed by atoms with Crippen molar-refractivity contribution in [1.29, 1.82) is 0 Å². The molecule has 1 aromatic heterocycles. The Morgan fingerprint density at radius 2 is 2.37 bits per heavy atom. The lowest BCUT2D eigenvalue weighted by Crippen LogP contribution is -2.30. The highest BCUT2D eigenvalue weighted by atomic mass is 35.5. The van der Waals surface area contributed by atoms with Gasteiger partial charge in [0, 0.05) is 34.7 Å². The number of halogens is 1. The molecule has 2 heterocycles. The third-order valence-corrected chi connectivity index (χ3v) is 4.56. The summed E-state index contributed by atoms with van der Waals surface area (Å²) in [5.74, 6) is -0.00103. The summed E-state index contributed by atoms with van der Waals surface area (Å²) < 4.78 is 1.08. The topological polar surface area (TPSA) is 32.3 Å². The molecule has 1 N–H and O–H groups in total. The van der Waals surface area contributed by atoms with E-state index in [0.29, 0.717) is 11.6 Å². The minimum absolute atomic E-state index is 0.00103. The molecule has 2 aromatic rings. The lowest BCUT2D eigenvalue weighted by molar-refractivity contribution is 0.0962. The van der Waals surface area contributed by atoms with Gasteiger partial charge < -0.3 is 10.2 Å². The Morgan fingerprint density at radius 3 is 3.16 bits per heavy atom. The number of carbonyl (C=O) groups excluding carboxylic acids is 1. The summed E-state index contributed by atoms with van der Waals surface area (Å²) >= 11 is 7.60. The third-order valence-electron chi connectivity index (χ3n) is 3.16. The van der Waals surface area contributed by atoms with E-state index in [0.717, 1.165) is 33.7 Å². The SMILES string of the molecule is C=CCN1CCNC(=O)c2sc3ccc(Cl)cc3c21. The van der Waals surface area contributed by atoms with Crippen LogP contribution in [-0.2, 0) is 0 Å². The lowest BCUT2D eigenvalue weighted by Gasteiger charge is -2.21. The van der Waals surface area contributed by atoms with Gasteiger partial charge >= 0.3 is 0 Å². The van der Waals surface area contributed by atoms with Gasteiger partial charge in [-0.1, -0.05) is 17.7 Å². The minimum Gasteiger partial charge on any atom is -0.364 e. The Hall–Kier alpha value is -1.52. The number of anilines is 1. The Morgan fingerprint density at radius 1 is 1.53 bits per heavy atom. The highest BCUT2D eigenvalue weighted by Gasteiger charge is 2.25. The Labute approximate surface area is 120 Å². The smallest absolute Gasteiger partial charge is 0.263 e. The van der Waals surface area contributed by atoms with E-state index in [-0.39, 0.29) is 5.91 Å². The molecule has 0 fully saturated rings. The summed E-state index contributed by atoms with van der Waals surface area (Å²) in [5, 5.41) is 4.67. The lowest BCUT2D eigenvalue weighted by atomic mass is 10.2. The van der Waals surface area contributed by atoms with Crippen molar-refractivity contribution in [3.63, 3.8) is 0 Å². The van der Waals surface area contributed by atoms with Gasteiger partial charge in [0.15, 0.2) is 0 Å². The first-order valence-corrected chi connectivity index (χ1v) is 7.26. The van der Waals surface area contributed by atoms with Crippen LogP contribution in [0.15, 0.2) is 30.9 Å². The molecule has 1 aliphatic rings. The first-order valence-electron chi connectivity index (χ1n) is 6.07. The number of rotatable bonds is 2. The van der Waals surface area contributed by atoms with Crippen LogP contribution in [-0.4, -0.2) is 25.5 Å². The molecule has 0 spiro atoms. The third kappa shape index (κ3) is 2.11. The maximum absolute atomic E-state index is 12.1. The van der Waals surface area contributed by atoms with Crippen molar-refractivity contribution >= 4 is 44.6 Å². The monoisotopic (exact) mass is 292 g/mol. The Kier molecular flexibility index (Phi) is 3.21. The summed E-state index contributed by atoms with van der Waals surface area (Å²) in [6, 6.07) is 5.76. The zero-order chi connectivity index (χ0) is 13.4. The average molecular weight is 293 g/mol. The van der Waals surface area contributed by atoms with Gasteiger partial charge in [-0.2, -0.15) is 0 Å². The number of benzene rings is 1. The Bertz CT molecular complexity index is 665. The molecule has 98 valence electrons. The van der Waals surface area contributed by atoms with Crippen molar-refractivity contribution in [2.45, 2.75) is 0 Å². The van der Waals surface area contributed by atoms with Crippen LogP contribution in [0.2, 0.25) is 5.02 Å². The van der Waals surface area contributed by atoms with Crippen molar-refractivity contribution < 1.29 is 4.79 Å². The van der Waals surface area contributed by atoms with Gasteiger partial charge in [-0.3, -0.25) is 4.79 Å². The van der Waals surface area contributed by atoms with Gasteiger partial charge in [-0.25, -0.2) is 0 Å². The van der Waals surface area contributed by atoms with Gasteiger partial charge in [0.05, 0.1) is 5.69 Å². The van der Waals surface area contributed by atoms with E-state index in [9.17, 15) is 4.79 Å². The maximum Gasteiger partial charge on any atom is 0.263 e. The number of hydrogen-bond acceptors (Lipinski definition) is 3.